The first kappa shape index (κ1) is 17.4. The van der Waals surface area contributed by atoms with E-state index in [-0.39, 0.29) is 17.7 Å². The van der Waals surface area contributed by atoms with Crippen LogP contribution in [0, 0.1) is 0 Å². The molecule has 0 unspecified atom stereocenters. The van der Waals surface area contributed by atoms with E-state index < -0.39 is 0 Å². The van der Waals surface area contributed by atoms with Gasteiger partial charge in [-0.2, -0.15) is 0 Å². The average molecular weight is 399 g/mol. The van der Waals surface area contributed by atoms with Crippen LogP contribution in [-0.2, 0) is 11.3 Å². The van der Waals surface area contributed by atoms with Crippen LogP contribution in [0.2, 0.25) is 15.1 Å². The Hall–Kier alpha value is -1.46. The smallest absolute Gasteiger partial charge is 0.268 e. The summed E-state index contributed by atoms with van der Waals surface area (Å²) in [5.74, 6) is -0.351. The second kappa shape index (κ2) is 7.19. The Morgan fingerprint density at radius 3 is 2.42 bits per heavy atom. The van der Waals surface area contributed by atoms with Crippen LogP contribution in [0.15, 0.2) is 47.4 Å². The van der Waals surface area contributed by atoms with Crippen LogP contribution in [-0.4, -0.2) is 16.0 Å². The number of carbonyl (C=O) groups is 2. The standard InChI is InChI=1S/C17H10Cl3NO2S/c18-12-4-2-1-3-11(12)8-15-16(22)21(17(23)24-15)9-10-5-6-13(19)14(20)7-10/h1-8H,9H2/b15-8+. The second-order valence-corrected chi connectivity index (χ2v) is 7.25. The van der Waals surface area contributed by atoms with Crippen molar-refractivity contribution in [3.63, 3.8) is 0 Å². The summed E-state index contributed by atoms with van der Waals surface area (Å²) < 4.78 is 0. The number of thioether (sulfide) groups is 1. The summed E-state index contributed by atoms with van der Waals surface area (Å²) in [6.45, 7) is 0.140. The molecule has 0 saturated carbocycles. The van der Waals surface area contributed by atoms with Gasteiger partial charge in [0.25, 0.3) is 11.1 Å². The molecule has 0 aromatic heterocycles. The molecular weight excluding hydrogens is 389 g/mol. The molecule has 2 aromatic carbocycles. The predicted octanol–water partition coefficient (Wildman–Crippen LogP) is 5.88. The minimum atomic E-state index is -0.351. The largest absolute Gasteiger partial charge is 0.293 e. The highest BCUT2D eigenvalue weighted by Crippen LogP contribution is 2.34. The molecule has 2 aromatic rings. The number of halogens is 3. The van der Waals surface area contributed by atoms with Crippen molar-refractivity contribution >= 4 is 63.8 Å². The van der Waals surface area contributed by atoms with Gasteiger partial charge in [-0.15, -0.1) is 0 Å². The summed E-state index contributed by atoms with van der Waals surface area (Å²) in [5.41, 5.74) is 1.42. The van der Waals surface area contributed by atoms with Crippen LogP contribution in [0.25, 0.3) is 6.08 Å². The Labute approximate surface area is 158 Å². The molecule has 0 bridgehead atoms. The molecule has 0 spiro atoms. The number of nitrogens with zero attached hydrogens (tertiary/aromatic N) is 1. The van der Waals surface area contributed by atoms with Crippen LogP contribution in [0.5, 0.6) is 0 Å². The van der Waals surface area contributed by atoms with Gasteiger partial charge >= 0.3 is 0 Å². The van der Waals surface area contributed by atoms with Gasteiger partial charge in [0.1, 0.15) is 0 Å². The summed E-state index contributed by atoms with van der Waals surface area (Å²) in [4.78, 5) is 26.2. The maximum atomic E-state index is 12.5. The molecule has 7 heteroatoms. The van der Waals surface area contributed by atoms with Gasteiger partial charge in [-0.25, -0.2) is 0 Å². The van der Waals surface area contributed by atoms with E-state index in [1.807, 2.05) is 6.07 Å². The van der Waals surface area contributed by atoms with Crippen molar-refractivity contribution in [2.75, 3.05) is 0 Å². The predicted molar refractivity (Wildman–Crippen MR) is 99.4 cm³/mol. The lowest BCUT2D eigenvalue weighted by atomic mass is 10.2. The monoisotopic (exact) mass is 397 g/mol. The molecule has 1 fully saturated rings. The van der Waals surface area contributed by atoms with E-state index in [2.05, 4.69) is 0 Å². The van der Waals surface area contributed by atoms with Gasteiger partial charge in [0.15, 0.2) is 0 Å². The first-order valence-electron chi connectivity index (χ1n) is 6.89. The topological polar surface area (TPSA) is 37.4 Å². The Morgan fingerprint density at radius 1 is 0.958 bits per heavy atom. The molecule has 0 radical (unpaired) electrons. The van der Waals surface area contributed by atoms with Gasteiger partial charge in [-0.05, 0) is 47.2 Å². The Kier molecular flexibility index (Phi) is 5.21. The van der Waals surface area contributed by atoms with Crippen molar-refractivity contribution in [2.45, 2.75) is 6.54 Å². The van der Waals surface area contributed by atoms with E-state index in [0.29, 0.717) is 25.5 Å². The normalized spacial score (nSPS) is 16.3. The molecule has 1 saturated heterocycles. The summed E-state index contributed by atoms with van der Waals surface area (Å²) >= 11 is 18.8. The zero-order valence-corrected chi connectivity index (χ0v) is 15.2. The van der Waals surface area contributed by atoms with Gasteiger partial charge in [-0.3, -0.25) is 14.5 Å². The highest BCUT2D eigenvalue weighted by atomic mass is 35.5. The van der Waals surface area contributed by atoms with Gasteiger partial charge in [0.2, 0.25) is 0 Å². The van der Waals surface area contributed by atoms with Crippen LogP contribution < -0.4 is 0 Å². The maximum Gasteiger partial charge on any atom is 0.293 e. The van der Waals surface area contributed by atoms with Crippen LogP contribution >= 0.6 is 46.6 Å². The van der Waals surface area contributed by atoms with E-state index in [1.165, 1.54) is 4.90 Å². The zero-order valence-electron chi connectivity index (χ0n) is 12.1. The van der Waals surface area contributed by atoms with Crippen LogP contribution in [0.3, 0.4) is 0 Å². The lowest BCUT2D eigenvalue weighted by Gasteiger charge is -2.12. The number of carbonyl (C=O) groups excluding carboxylic acids is 2. The molecule has 2 amide bonds. The van der Waals surface area contributed by atoms with Gasteiger partial charge in [0, 0.05) is 5.02 Å². The zero-order chi connectivity index (χ0) is 17.3. The second-order valence-electron chi connectivity index (χ2n) is 5.04. The van der Waals surface area contributed by atoms with Gasteiger partial charge in [0.05, 0.1) is 21.5 Å². The highest BCUT2D eigenvalue weighted by Gasteiger charge is 2.35. The fourth-order valence-electron chi connectivity index (χ4n) is 2.19. The van der Waals surface area contributed by atoms with Gasteiger partial charge < -0.3 is 0 Å². The highest BCUT2D eigenvalue weighted by molar-refractivity contribution is 8.18. The molecular formula is C17H10Cl3NO2S. The molecule has 0 aliphatic carbocycles. The number of hydrogen-bond acceptors (Lipinski definition) is 3. The van der Waals surface area contributed by atoms with E-state index in [4.69, 9.17) is 34.8 Å². The van der Waals surface area contributed by atoms with Crippen LogP contribution in [0.1, 0.15) is 11.1 Å². The first-order chi connectivity index (χ1) is 11.5. The maximum absolute atomic E-state index is 12.5. The minimum Gasteiger partial charge on any atom is -0.268 e. The molecule has 122 valence electrons. The van der Waals surface area contributed by atoms with Crippen molar-refractivity contribution in [3.05, 3.63) is 73.6 Å². The van der Waals surface area contributed by atoms with E-state index in [9.17, 15) is 9.59 Å². The molecule has 3 rings (SSSR count). The third-order valence-electron chi connectivity index (χ3n) is 3.39. The number of rotatable bonds is 3. The number of amides is 2. The first-order valence-corrected chi connectivity index (χ1v) is 8.84. The molecule has 3 nitrogen and oxygen atoms in total. The number of benzene rings is 2. The molecule has 1 heterocycles. The SMILES string of the molecule is O=C1S/C(=C/c2ccccc2Cl)C(=O)N1Cc1ccc(Cl)c(Cl)c1. The number of hydrogen-bond donors (Lipinski definition) is 0. The Balaban J connectivity index is 1.84. The summed E-state index contributed by atoms with van der Waals surface area (Å²) in [7, 11) is 0. The fourth-order valence-corrected chi connectivity index (χ4v) is 3.53. The summed E-state index contributed by atoms with van der Waals surface area (Å²) in [6.07, 6.45) is 1.63. The molecule has 24 heavy (non-hydrogen) atoms. The minimum absolute atomic E-state index is 0.140. The lowest BCUT2D eigenvalue weighted by Crippen LogP contribution is -2.27. The van der Waals surface area contributed by atoms with E-state index in [0.717, 1.165) is 17.3 Å². The molecule has 1 aliphatic heterocycles. The third-order valence-corrected chi connectivity index (χ3v) is 5.38. The van der Waals surface area contributed by atoms with Crippen molar-refractivity contribution in [3.8, 4) is 0 Å². The molecule has 1 aliphatic rings. The Bertz CT molecular complexity index is 867. The van der Waals surface area contributed by atoms with E-state index >= 15 is 0 Å². The van der Waals surface area contributed by atoms with Crippen molar-refractivity contribution < 1.29 is 9.59 Å². The van der Waals surface area contributed by atoms with Crippen molar-refractivity contribution in [2.24, 2.45) is 0 Å². The third kappa shape index (κ3) is 3.62. The van der Waals surface area contributed by atoms with Crippen LogP contribution in [0.4, 0.5) is 4.79 Å². The van der Waals surface area contributed by atoms with Gasteiger partial charge in [-0.1, -0.05) is 59.1 Å². The van der Waals surface area contributed by atoms with Crippen molar-refractivity contribution in [1.29, 1.82) is 0 Å². The number of imide groups is 1. The average Bonchev–Trinajstić information content (AvgIpc) is 2.81. The van der Waals surface area contributed by atoms with E-state index in [1.54, 1.807) is 42.5 Å². The summed E-state index contributed by atoms with van der Waals surface area (Å²) in [5, 5.41) is 0.999. The summed E-state index contributed by atoms with van der Waals surface area (Å²) in [6, 6.07) is 12.1. The Morgan fingerprint density at radius 2 is 1.71 bits per heavy atom. The molecule has 0 N–H and O–H groups in total. The quantitative estimate of drug-likeness (QED) is 0.606. The van der Waals surface area contributed by atoms with Crippen molar-refractivity contribution in [1.82, 2.24) is 4.90 Å². The lowest BCUT2D eigenvalue weighted by molar-refractivity contribution is -0.123. The fraction of sp³-hybridized carbons (Fsp3) is 0.0588. The molecule has 0 atom stereocenters.